The van der Waals surface area contributed by atoms with Gasteiger partial charge in [0.05, 0.1) is 11.1 Å². The molecule has 0 saturated carbocycles. The van der Waals surface area contributed by atoms with Crippen LogP contribution in [0, 0.1) is 5.41 Å². The Labute approximate surface area is 159 Å². The monoisotopic (exact) mass is 391 g/mol. The molecule has 136 valence electrons. The summed E-state index contributed by atoms with van der Waals surface area (Å²) in [6, 6.07) is 7.43. The lowest BCUT2D eigenvalue weighted by molar-refractivity contribution is -0.123. The van der Waals surface area contributed by atoms with Gasteiger partial charge in [-0.05, 0) is 26.0 Å². The lowest BCUT2D eigenvalue weighted by atomic mass is 9.95. The third kappa shape index (κ3) is 3.71. The van der Waals surface area contributed by atoms with Crippen molar-refractivity contribution in [2.45, 2.75) is 20.8 Å². The average Bonchev–Trinajstić information content (AvgIpc) is 3.15. The number of nitrogens with one attached hydrogen (secondary N) is 2. The number of nitrogens with zero attached hydrogens (tertiary/aromatic N) is 3. The van der Waals surface area contributed by atoms with Crippen molar-refractivity contribution in [3.05, 3.63) is 29.6 Å². The van der Waals surface area contributed by atoms with Crippen LogP contribution in [0.4, 0.5) is 11.6 Å². The first-order valence-corrected chi connectivity index (χ1v) is 9.31. The maximum absolute atomic E-state index is 12.2. The van der Waals surface area contributed by atoms with E-state index < -0.39 is 5.41 Å². The fourth-order valence-electron chi connectivity index (χ4n) is 2.19. The van der Waals surface area contributed by atoms with Gasteiger partial charge in [0.15, 0.2) is 0 Å². The summed E-state index contributed by atoms with van der Waals surface area (Å²) in [5.41, 5.74) is 1.80. The lowest BCUT2D eigenvalue weighted by Gasteiger charge is -2.18. The fourth-order valence-corrected chi connectivity index (χ4v) is 3.14. The summed E-state index contributed by atoms with van der Waals surface area (Å²) in [6.45, 7) is 4.98. The first-order valence-electron chi connectivity index (χ1n) is 7.90. The molecule has 0 aliphatic heterocycles. The van der Waals surface area contributed by atoms with E-state index in [2.05, 4.69) is 20.7 Å². The molecule has 2 amide bonds. The summed E-state index contributed by atoms with van der Waals surface area (Å²) >= 11 is 7.26. The molecule has 3 rings (SSSR count). The van der Waals surface area contributed by atoms with Gasteiger partial charge >= 0.3 is 0 Å². The van der Waals surface area contributed by atoms with Crippen LogP contribution in [0.5, 0.6) is 0 Å². The predicted molar refractivity (Wildman–Crippen MR) is 104 cm³/mol. The van der Waals surface area contributed by atoms with Gasteiger partial charge in [0.1, 0.15) is 0 Å². The third-order valence-electron chi connectivity index (χ3n) is 3.76. The van der Waals surface area contributed by atoms with Crippen molar-refractivity contribution in [3.8, 4) is 11.3 Å². The Morgan fingerprint density at radius 2 is 1.92 bits per heavy atom. The first kappa shape index (κ1) is 18.3. The van der Waals surface area contributed by atoms with Gasteiger partial charge in [-0.15, -0.1) is 28.0 Å². The van der Waals surface area contributed by atoms with E-state index in [0.29, 0.717) is 4.96 Å². The maximum Gasteiger partial charge on any atom is 0.250 e. The number of aromatic nitrogens is 3. The number of anilines is 2. The first-order chi connectivity index (χ1) is 12.3. The van der Waals surface area contributed by atoms with E-state index in [1.807, 2.05) is 29.6 Å². The van der Waals surface area contributed by atoms with Crippen LogP contribution in [-0.4, -0.2) is 32.3 Å². The van der Waals surface area contributed by atoms with Crippen molar-refractivity contribution >= 4 is 51.3 Å². The van der Waals surface area contributed by atoms with Crippen LogP contribution in [0.2, 0.25) is 0 Å². The number of alkyl halides is 1. The standard InChI is InChI=1S/C17H18ClN5O2S/c1-10(24)19-12-6-4-11(5-7-12)13-8-26-16-21-15(22-23(13)16)20-14(25)17(2,3)9-18/h4-8H,9H2,1-3H3,(H,19,24)(H,20,22,25). The van der Waals surface area contributed by atoms with Crippen LogP contribution in [0.1, 0.15) is 20.8 Å². The SMILES string of the molecule is CC(=O)Nc1ccc(-c2csc3nc(NC(=O)C(C)(C)CCl)nn23)cc1. The zero-order chi connectivity index (χ0) is 18.9. The van der Waals surface area contributed by atoms with Crippen molar-refractivity contribution in [1.82, 2.24) is 14.6 Å². The summed E-state index contributed by atoms with van der Waals surface area (Å²) in [6.07, 6.45) is 0. The highest BCUT2D eigenvalue weighted by atomic mass is 35.5. The number of fused-ring (bicyclic) bond motifs is 1. The van der Waals surface area contributed by atoms with E-state index in [4.69, 9.17) is 11.6 Å². The number of amides is 2. The zero-order valence-corrected chi connectivity index (χ0v) is 16.1. The molecule has 7 nitrogen and oxygen atoms in total. The summed E-state index contributed by atoms with van der Waals surface area (Å²) in [4.78, 5) is 28.4. The molecule has 0 bridgehead atoms. The molecular formula is C17H18ClN5O2S. The van der Waals surface area contributed by atoms with Crippen molar-refractivity contribution < 1.29 is 9.59 Å². The van der Waals surface area contributed by atoms with Crippen LogP contribution in [0.15, 0.2) is 29.6 Å². The molecule has 2 heterocycles. The minimum absolute atomic E-state index is 0.118. The highest BCUT2D eigenvalue weighted by molar-refractivity contribution is 7.15. The number of hydrogen-bond acceptors (Lipinski definition) is 5. The van der Waals surface area contributed by atoms with Gasteiger partial charge in [-0.25, -0.2) is 4.52 Å². The second-order valence-electron chi connectivity index (χ2n) is 6.48. The Hall–Kier alpha value is -2.45. The summed E-state index contributed by atoms with van der Waals surface area (Å²) in [5, 5.41) is 11.8. The quantitative estimate of drug-likeness (QED) is 0.650. The van der Waals surface area contributed by atoms with Gasteiger partial charge in [0.2, 0.25) is 22.7 Å². The molecule has 0 aliphatic carbocycles. The Morgan fingerprint density at radius 1 is 1.23 bits per heavy atom. The summed E-state index contributed by atoms with van der Waals surface area (Å²) in [7, 11) is 0. The molecule has 0 fully saturated rings. The van der Waals surface area contributed by atoms with Gasteiger partial charge in [-0.3, -0.25) is 14.9 Å². The molecule has 0 aliphatic rings. The zero-order valence-electron chi connectivity index (χ0n) is 14.5. The number of carbonyl (C=O) groups is 2. The lowest BCUT2D eigenvalue weighted by Crippen LogP contribution is -2.32. The Balaban J connectivity index is 1.86. The van der Waals surface area contributed by atoms with Gasteiger partial charge in [0, 0.05) is 29.4 Å². The fraction of sp³-hybridized carbons (Fsp3) is 0.294. The minimum Gasteiger partial charge on any atom is -0.326 e. The molecule has 2 aromatic heterocycles. The molecular weight excluding hydrogens is 374 g/mol. The minimum atomic E-state index is -0.706. The Kier molecular flexibility index (Phi) is 4.97. The Morgan fingerprint density at radius 3 is 2.54 bits per heavy atom. The van der Waals surface area contributed by atoms with Crippen molar-refractivity contribution in [1.29, 1.82) is 0 Å². The van der Waals surface area contributed by atoms with Crippen molar-refractivity contribution in [2.75, 3.05) is 16.5 Å². The van der Waals surface area contributed by atoms with E-state index in [1.165, 1.54) is 18.3 Å². The second kappa shape index (κ2) is 7.05. The molecule has 26 heavy (non-hydrogen) atoms. The van der Waals surface area contributed by atoms with E-state index in [0.717, 1.165) is 16.9 Å². The maximum atomic E-state index is 12.2. The van der Waals surface area contributed by atoms with Crippen LogP contribution in [0.3, 0.4) is 0 Å². The second-order valence-corrected chi connectivity index (χ2v) is 7.58. The topological polar surface area (TPSA) is 88.4 Å². The molecule has 0 spiro atoms. The number of carbonyl (C=O) groups excluding carboxylic acids is 2. The van der Waals surface area contributed by atoms with E-state index in [-0.39, 0.29) is 23.6 Å². The molecule has 0 saturated heterocycles. The van der Waals surface area contributed by atoms with Crippen LogP contribution in [0.25, 0.3) is 16.2 Å². The molecule has 0 unspecified atom stereocenters. The molecule has 2 N–H and O–H groups in total. The van der Waals surface area contributed by atoms with Crippen LogP contribution < -0.4 is 10.6 Å². The highest BCUT2D eigenvalue weighted by Gasteiger charge is 2.27. The molecule has 0 atom stereocenters. The molecule has 9 heteroatoms. The average molecular weight is 392 g/mol. The number of benzene rings is 1. The number of rotatable bonds is 5. The van der Waals surface area contributed by atoms with Gasteiger partial charge in [-0.2, -0.15) is 4.98 Å². The summed E-state index contributed by atoms with van der Waals surface area (Å²) < 4.78 is 1.68. The predicted octanol–water partition coefficient (Wildman–Crippen LogP) is 3.62. The van der Waals surface area contributed by atoms with E-state index in [1.54, 1.807) is 18.4 Å². The van der Waals surface area contributed by atoms with Gasteiger partial charge in [0.25, 0.3) is 0 Å². The Bertz CT molecular complexity index is 961. The van der Waals surface area contributed by atoms with Gasteiger partial charge < -0.3 is 5.32 Å². The summed E-state index contributed by atoms with van der Waals surface area (Å²) in [5.74, 6) is 0.0998. The van der Waals surface area contributed by atoms with Crippen molar-refractivity contribution in [3.63, 3.8) is 0 Å². The van der Waals surface area contributed by atoms with E-state index in [9.17, 15) is 9.59 Å². The molecule has 1 aromatic carbocycles. The van der Waals surface area contributed by atoms with Crippen LogP contribution in [-0.2, 0) is 9.59 Å². The normalized spacial score (nSPS) is 11.5. The van der Waals surface area contributed by atoms with E-state index >= 15 is 0 Å². The number of thiazole rings is 1. The molecule has 0 radical (unpaired) electrons. The smallest absolute Gasteiger partial charge is 0.250 e. The number of halogens is 1. The molecule has 3 aromatic rings. The number of hydrogen-bond donors (Lipinski definition) is 2. The van der Waals surface area contributed by atoms with Crippen molar-refractivity contribution in [2.24, 2.45) is 5.41 Å². The third-order valence-corrected chi connectivity index (χ3v) is 5.24. The highest BCUT2D eigenvalue weighted by Crippen LogP contribution is 2.27. The largest absolute Gasteiger partial charge is 0.326 e. The van der Waals surface area contributed by atoms with Crippen LogP contribution >= 0.6 is 22.9 Å². The van der Waals surface area contributed by atoms with Gasteiger partial charge in [-0.1, -0.05) is 12.1 Å².